The second-order valence-electron chi connectivity index (χ2n) is 7.06. The first-order valence-electron chi connectivity index (χ1n) is 8.70. The molecule has 0 unspecified atom stereocenters. The van der Waals surface area contributed by atoms with Crippen molar-refractivity contribution in [1.29, 1.82) is 0 Å². The maximum atomic E-state index is 12.5. The van der Waals surface area contributed by atoms with Crippen molar-refractivity contribution in [3.63, 3.8) is 0 Å². The van der Waals surface area contributed by atoms with Gasteiger partial charge in [-0.15, -0.1) is 0 Å². The summed E-state index contributed by atoms with van der Waals surface area (Å²) in [5, 5.41) is 0. The van der Waals surface area contributed by atoms with Gasteiger partial charge in [-0.1, -0.05) is 6.08 Å². The molecule has 0 N–H and O–H groups in total. The summed E-state index contributed by atoms with van der Waals surface area (Å²) in [7, 11) is 1.44. The Morgan fingerprint density at radius 3 is 2.79 bits per heavy atom. The largest absolute Gasteiger partial charge is 0.472 e. The van der Waals surface area contributed by atoms with E-state index in [1.54, 1.807) is 12.5 Å². The molecule has 0 bridgehead atoms. The van der Waals surface area contributed by atoms with Crippen LogP contribution in [0.2, 0.25) is 0 Å². The van der Waals surface area contributed by atoms with E-state index in [2.05, 4.69) is 0 Å². The molecular weight excluding hydrogens is 308 g/mol. The van der Waals surface area contributed by atoms with E-state index in [0.717, 1.165) is 43.2 Å². The Morgan fingerprint density at radius 2 is 2.04 bits per heavy atom. The first-order chi connectivity index (χ1) is 11.7. The summed E-state index contributed by atoms with van der Waals surface area (Å²) in [4.78, 5) is 24.6. The fourth-order valence-corrected chi connectivity index (χ4v) is 4.94. The van der Waals surface area contributed by atoms with Gasteiger partial charge in [0.1, 0.15) is 6.10 Å². The quantitative estimate of drug-likeness (QED) is 0.777. The van der Waals surface area contributed by atoms with Crippen LogP contribution in [-0.4, -0.2) is 19.0 Å². The average molecular weight is 330 g/mol. The van der Waals surface area contributed by atoms with Crippen molar-refractivity contribution in [3.05, 3.63) is 35.8 Å². The Hall–Kier alpha value is -2.04. The molecule has 1 saturated heterocycles. The highest BCUT2D eigenvalue weighted by Crippen LogP contribution is 2.52. The van der Waals surface area contributed by atoms with Gasteiger partial charge in [0.2, 0.25) is 0 Å². The molecule has 2 aliphatic carbocycles. The van der Waals surface area contributed by atoms with Gasteiger partial charge in [0, 0.05) is 11.1 Å². The van der Waals surface area contributed by atoms with Crippen molar-refractivity contribution in [2.45, 2.75) is 38.2 Å². The molecule has 0 aromatic carbocycles. The lowest BCUT2D eigenvalue weighted by molar-refractivity contribution is -0.172. The number of fused-ring (bicyclic) bond motifs is 3. The van der Waals surface area contributed by atoms with Gasteiger partial charge in [-0.25, -0.2) is 4.79 Å². The van der Waals surface area contributed by atoms with Crippen LogP contribution in [-0.2, 0) is 19.1 Å². The summed E-state index contributed by atoms with van der Waals surface area (Å²) in [6.07, 6.45) is 9.42. The highest BCUT2D eigenvalue weighted by molar-refractivity contribution is 5.89. The Bertz CT molecular complexity index is 659. The lowest BCUT2D eigenvalue weighted by atomic mass is 9.59. The molecule has 5 atom stereocenters. The summed E-state index contributed by atoms with van der Waals surface area (Å²) in [5.74, 6) is 0.482. The standard InChI is InChI=1S/C19H22O5/c1-22-18(20)14-4-2-3-12-13(14)5-6-15-16(12)9-17(24-19(15)21)11-7-8-23-10-11/h4,7-8,10,12-13,15-17H,2-3,5-6,9H2,1H3/t12-,13+,15+,16-,17-/m1/s1. The molecule has 1 aliphatic heterocycles. The summed E-state index contributed by atoms with van der Waals surface area (Å²) in [6.45, 7) is 0. The van der Waals surface area contributed by atoms with Crippen LogP contribution in [0.3, 0.4) is 0 Å². The normalized spacial score (nSPS) is 35.3. The van der Waals surface area contributed by atoms with Crippen LogP contribution in [0.25, 0.3) is 0 Å². The van der Waals surface area contributed by atoms with E-state index in [0.29, 0.717) is 5.92 Å². The van der Waals surface area contributed by atoms with Crippen LogP contribution in [0.1, 0.15) is 43.8 Å². The Labute approximate surface area is 141 Å². The van der Waals surface area contributed by atoms with Gasteiger partial charge < -0.3 is 13.9 Å². The molecule has 1 saturated carbocycles. The van der Waals surface area contributed by atoms with E-state index in [1.807, 2.05) is 12.1 Å². The molecule has 5 heteroatoms. The minimum Gasteiger partial charge on any atom is -0.472 e. The summed E-state index contributed by atoms with van der Waals surface area (Å²) in [5.41, 5.74) is 1.73. The van der Waals surface area contributed by atoms with Crippen LogP contribution >= 0.6 is 0 Å². The predicted molar refractivity (Wildman–Crippen MR) is 84.7 cm³/mol. The third kappa shape index (κ3) is 2.46. The topological polar surface area (TPSA) is 65.7 Å². The summed E-state index contributed by atoms with van der Waals surface area (Å²) >= 11 is 0. The van der Waals surface area contributed by atoms with E-state index in [1.165, 1.54) is 7.11 Å². The number of ether oxygens (including phenoxy) is 2. The number of carbonyl (C=O) groups is 2. The fraction of sp³-hybridized carbons (Fsp3) is 0.579. The number of allylic oxidation sites excluding steroid dienone is 1. The predicted octanol–water partition coefficient (Wildman–Crippen LogP) is 3.42. The number of esters is 2. The number of methoxy groups -OCH3 is 1. The van der Waals surface area contributed by atoms with Crippen molar-refractivity contribution in [2.24, 2.45) is 23.7 Å². The van der Waals surface area contributed by atoms with Gasteiger partial charge in [-0.3, -0.25) is 4.79 Å². The number of cyclic esters (lactones) is 1. The second-order valence-corrected chi connectivity index (χ2v) is 7.06. The Kier molecular flexibility index (Phi) is 3.94. The number of hydrogen-bond acceptors (Lipinski definition) is 5. The maximum Gasteiger partial charge on any atom is 0.333 e. The van der Waals surface area contributed by atoms with E-state index in [-0.39, 0.29) is 35.8 Å². The van der Waals surface area contributed by atoms with Crippen molar-refractivity contribution in [3.8, 4) is 0 Å². The van der Waals surface area contributed by atoms with E-state index >= 15 is 0 Å². The molecule has 2 heterocycles. The molecule has 24 heavy (non-hydrogen) atoms. The Balaban J connectivity index is 1.60. The minimum absolute atomic E-state index is 0.0357. The van der Waals surface area contributed by atoms with Crippen molar-refractivity contribution >= 4 is 11.9 Å². The molecule has 2 fully saturated rings. The third-order valence-corrected chi connectivity index (χ3v) is 6.02. The van der Waals surface area contributed by atoms with Crippen LogP contribution in [0.5, 0.6) is 0 Å². The highest BCUT2D eigenvalue weighted by atomic mass is 16.5. The highest BCUT2D eigenvalue weighted by Gasteiger charge is 2.50. The van der Waals surface area contributed by atoms with E-state index in [4.69, 9.17) is 13.9 Å². The Morgan fingerprint density at radius 1 is 1.21 bits per heavy atom. The lowest BCUT2D eigenvalue weighted by Gasteiger charge is -2.47. The van der Waals surface area contributed by atoms with Gasteiger partial charge in [-0.2, -0.15) is 0 Å². The van der Waals surface area contributed by atoms with Crippen LogP contribution in [0.4, 0.5) is 0 Å². The minimum atomic E-state index is -0.233. The first-order valence-corrected chi connectivity index (χ1v) is 8.70. The summed E-state index contributed by atoms with van der Waals surface area (Å²) < 4.78 is 15.8. The van der Waals surface area contributed by atoms with Gasteiger partial charge >= 0.3 is 11.9 Å². The zero-order valence-electron chi connectivity index (χ0n) is 13.8. The molecule has 3 aliphatic rings. The molecule has 1 aromatic rings. The van der Waals surface area contributed by atoms with Gasteiger partial charge in [-0.05, 0) is 55.9 Å². The molecule has 1 aromatic heterocycles. The van der Waals surface area contributed by atoms with Crippen LogP contribution in [0.15, 0.2) is 34.7 Å². The molecular formula is C19H22O5. The third-order valence-electron chi connectivity index (χ3n) is 6.02. The second kappa shape index (κ2) is 6.11. The average Bonchev–Trinajstić information content (AvgIpc) is 3.15. The molecule has 4 rings (SSSR count). The molecule has 0 spiro atoms. The molecule has 0 radical (unpaired) electrons. The van der Waals surface area contributed by atoms with Crippen LogP contribution in [0, 0.1) is 23.7 Å². The van der Waals surface area contributed by atoms with Gasteiger partial charge in [0.25, 0.3) is 0 Å². The maximum absolute atomic E-state index is 12.5. The smallest absolute Gasteiger partial charge is 0.333 e. The fourth-order valence-electron chi connectivity index (χ4n) is 4.94. The molecule has 0 amide bonds. The van der Waals surface area contributed by atoms with Crippen molar-refractivity contribution < 1.29 is 23.5 Å². The van der Waals surface area contributed by atoms with Crippen molar-refractivity contribution in [2.75, 3.05) is 7.11 Å². The molecule has 5 nitrogen and oxygen atoms in total. The number of furan rings is 1. The first kappa shape index (κ1) is 15.5. The monoisotopic (exact) mass is 330 g/mol. The van der Waals surface area contributed by atoms with Gasteiger partial charge in [0.15, 0.2) is 0 Å². The van der Waals surface area contributed by atoms with E-state index in [9.17, 15) is 9.59 Å². The lowest BCUT2D eigenvalue weighted by Crippen LogP contribution is -2.45. The zero-order valence-corrected chi connectivity index (χ0v) is 13.8. The number of hydrogen-bond donors (Lipinski definition) is 0. The number of rotatable bonds is 2. The number of carbonyl (C=O) groups excluding carboxylic acids is 2. The van der Waals surface area contributed by atoms with Gasteiger partial charge in [0.05, 0.1) is 25.6 Å². The SMILES string of the molecule is COC(=O)C1=CCC[C@H]2[C@H]3C[C@H](c4ccoc4)OC(=O)[C@H]3CC[C@H]12. The zero-order chi connectivity index (χ0) is 16.7. The summed E-state index contributed by atoms with van der Waals surface area (Å²) in [6, 6.07) is 1.86. The molecule has 128 valence electrons. The van der Waals surface area contributed by atoms with Crippen LogP contribution < -0.4 is 0 Å². The van der Waals surface area contributed by atoms with Crippen molar-refractivity contribution in [1.82, 2.24) is 0 Å². The van der Waals surface area contributed by atoms with E-state index < -0.39 is 0 Å².